The molecular weight excluding hydrogens is 286 g/mol. The highest BCUT2D eigenvalue weighted by molar-refractivity contribution is 5.95. The average Bonchev–Trinajstić information content (AvgIpc) is 2.57. The normalized spacial score (nSPS) is 28.7. The van der Waals surface area contributed by atoms with Gasteiger partial charge in [0.15, 0.2) is 0 Å². The van der Waals surface area contributed by atoms with Crippen LogP contribution in [0.4, 0.5) is 5.82 Å². The largest absolute Gasteiger partial charge is 0.354 e. The van der Waals surface area contributed by atoms with Crippen molar-refractivity contribution >= 4 is 11.7 Å². The molecule has 0 bridgehead atoms. The first-order valence-electron chi connectivity index (χ1n) is 9.10. The summed E-state index contributed by atoms with van der Waals surface area (Å²) in [6.45, 7) is 8.57. The van der Waals surface area contributed by atoms with Gasteiger partial charge in [0, 0.05) is 36.9 Å². The molecule has 1 aromatic rings. The van der Waals surface area contributed by atoms with Gasteiger partial charge in [0.05, 0.1) is 0 Å². The van der Waals surface area contributed by atoms with E-state index in [4.69, 9.17) is 0 Å². The van der Waals surface area contributed by atoms with Gasteiger partial charge >= 0.3 is 0 Å². The topological polar surface area (TPSA) is 36.4 Å². The van der Waals surface area contributed by atoms with E-state index in [0.717, 1.165) is 30.9 Å². The first-order valence-corrected chi connectivity index (χ1v) is 9.10. The molecule has 23 heavy (non-hydrogen) atoms. The van der Waals surface area contributed by atoms with Gasteiger partial charge in [-0.3, -0.25) is 4.79 Å². The third kappa shape index (κ3) is 3.51. The van der Waals surface area contributed by atoms with Crippen LogP contribution in [0.2, 0.25) is 0 Å². The number of likely N-dealkylation sites (tertiary alicyclic amines) is 1. The van der Waals surface area contributed by atoms with E-state index in [9.17, 15) is 4.79 Å². The molecule has 2 fully saturated rings. The van der Waals surface area contributed by atoms with E-state index < -0.39 is 0 Å². The number of pyridine rings is 1. The zero-order chi connectivity index (χ0) is 16.4. The van der Waals surface area contributed by atoms with Crippen LogP contribution in [0.1, 0.15) is 63.2 Å². The van der Waals surface area contributed by atoms with Crippen molar-refractivity contribution in [1.29, 1.82) is 0 Å². The smallest absolute Gasteiger partial charge is 0.254 e. The van der Waals surface area contributed by atoms with Gasteiger partial charge < -0.3 is 9.80 Å². The number of carbonyl (C=O) groups is 1. The minimum atomic E-state index is 0.164. The van der Waals surface area contributed by atoms with Gasteiger partial charge in [-0.2, -0.15) is 0 Å². The number of nitrogens with zero attached hydrogens (tertiary/aromatic N) is 3. The summed E-state index contributed by atoms with van der Waals surface area (Å²) < 4.78 is 0. The molecule has 0 unspecified atom stereocenters. The van der Waals surface area contributed by atoms with E-state index in [-0.39, 0.29) is 5.91 Å². The molecular formula is C19H29N3O. The average molecular weight is 315 g/mol. The van der Waals surface area contributed by atoms with Crippen molar-refractivity contribution in [3.05, 3.63) is 23.9 Å². The lowest BCUT2D eigenvalue weighted by atomic mass is 9.94. The molecule has 3 atom stereocenters. The molecule has 2 saturated heterocycles. The molecule has 0 spiro atoms. The summed E-state index contributed by atoms with van der Waals surface area (Å²) in [6.07, 6.45) is 7.83. The summed E-state index contributed by atoms with van der Waals surface area (Å²) in [5, 5.41) is 0. The summed E-state index contributed by atoms with van der Waals surface area (Å²) in [5.41, 5.74) is 0.786. The molecule has 3 heterocycles. The predicted molar refractivity (Wildman–Crippen MR) is 93.8 cm³/mol. The molecule has 126 valence electrons. The lowest BCUT2D eigenvalue weighted by Gasteiger charge is -2.37. The van der Waals surface area contributed by atoms with E-state index >= 15 is 0 Å². The highest BCUT2D eigenvalue weighted by Gasteiger charge is 2.28. The fraction of sp³-hybridized carbons (Fsp3) is 0.684. The molecule has 0 aromatic carbocycles. The maximum absolute atomic E-state index is 13.0. The minimum absolute atomic E-state index is 0.164. The van der Waals surface area contributed by atoms with Crippen LogP contribution in [0.15, 0.2) is 18.3 Å². The number of amides is 1. The Labute approximate surface area is 139 Å². The zero-order valence-corrected chi connectivity index (χ0v) is 14.7. The predicted octanol–water partition coefficient (Wildman–Crippen LogP) is 3.72. The van der Waals surface area contributed by atoms with E-state index in [1.807, 2.05) is 17.0 Å². The molecule has 0 saturated carbocycles. The second-order valence-electron chi connectivity index (χ2n) is 7.43. The van der Waals surface area contributed by atoms with Crippen LogP contribution in [-0.4, -0.2) is 41.0 Å². The molecule has 4 nitrogen and oxygen atoms in total. The summed E-state index contributed by atoms with van der Waals surface area (Å²) in [4.78, 5) is 21.9. The van der Waals surface area contributed by atoms with Crippen molar-refractivity contribution in [2.24, 2.45) is 5.92 Å². The van der Waals surface area contributed by atoms with Crippen molar-refractivity contribution in [1.82, 2.24) is 9.88 Å². The van der Waals surface area contributed by atoms with Gasteiger partial charge in [0.1, 0.15) is 5.82 Å². The molecule has 4 heteroatoms. The Balaban J connectivity index is 1.80. The fourth-order valence-corrected chi connectivity index (χ4v) is 3.88. The van der Waals surface area contributed by atoms with Crippen molar-refractivity contribution in [2.45, 2.75) is 65.0 Å². The number of carbonyl (C=O) groups excluding carboxylic acids is 1. The van der Waals surface area contributed by atoms with Crippen molar-refractivity contribution in [2.75, 3.05) is 18.0 Å². The molecule has 3 rings (SSSR count). The van der Waals surface area contributed by atoms with E-state index in [1.165, 1.54) is 25.7 Å². The lowest BCUT2D eigenvalue weighted by Crippen LogP contribution is -2.45. The second-order valence-corrected chi connectivity index (χ2v) is 7.43. The third-order valence-corrected chi connectivity index (χ3v) is 5.47. The lowest BCUT2D eigenvalue weighted by molar-refractivity contribution is 0.0574. The Morgan fingerprint density at radius 1 is 1.13 bits per heavy atom. The van der Waals surface area contributed by atoms with Crippen LogP contribution >= 0.6 is 0 Å². The summed E-state index contributed by atoms with van der Waals surface area (Å²) in [7, 11) is 0. The number of hydrogen-bond acceptors (Lipinski definition) is 3. The van der Waals surface area contributed by atoms with Gasteiger partial charge in [-0.25, -0.2) is 4.98 Å². The number of hydrogen-bond donors (Lipinski definition) is 0. The van der Waals surface area contributed by atoms with Crippen molar-refractivity contribution < 1.29 is 4.79 Å². The first-order chi connectivity index (χ1) is 11.1. The van der Waals surface area contributed by atoms with Crippen molar-refractivity contribution in [3.63, 3.8) is 0 Å². The maximum atomic E-state index is 13.0. The number of piperidine rings is 2. The van der Waals surface area contributed by atoms with Gasteiger partial charge in [0.25, 0.3) is 5.91 Å². The Hall–Kier alpha value is -1.58. The van der Waals surface area contributed by atoms with Gasteiger partial charge in [-0.05, 0) is 64.0 Å². The first kappa shape index (κ1) is 16.3. The van der Waals surface area contributed by atoms with Gasteiger partial charge in [-0.15, -0.1) is 0 Å². The van der Waals surface area contributed by atoms with Crippen LogP contribution in [0.25, 0.3) is 0 Å². The van der Waals surface area contributed by atoms with Crippen LogP contribution in [-0.2, 0) is 0 Å². The molecule has 0 aliphatic carbocycles. The van der Waals surface area contributed by atoms with E-state index in [2.05, 4.69) is 30.7 Å². The Morgan fingerprint density at radius 2 is 1.96 bits per heavy atom. The van der Waals surface area contributed by atoms with Gasteiger partial charge in [0.2, 0.25) is 0 Å². The monoisotopic (exact) mass is 315 g/mol. The Kier molecular flexibility index (Phi) is 4.88. The third-order valence-electron chi connectivity index (χ3n) is 5.47. The fourth-order valence-electron chi connectivity index (χ4n) is 3.88. The van der Waals surface area contributed by atoms with Crippen LogP contribution in [0.5, 0.6) is 0 Å². The minimum Gasteiger partial charge on any atom is -0.354 e. The van der Waals surface area contributed by atoms with Crippen LogP contribution < -0.4 is 4.90 Å². The standard InChI is InChI=1S/C19H29N3O/c1-14-7-8-16(3)22(13-14)19(23)17-9-10-20-18(12-17)21-11-5-4-6-15(21)2/h9-10,12,14-16H,4-8,11,13H2,1-3H3/t14-,15-,16-/m1/s1. The molecule has 2 aliphatic rings. The maximum Gasteiger partial charge on any atom is 0.254 e. The molecule has 2 aliphatic heterocycles. The summed E-state index contributed by atoms with van der Waals surface area (Å²) in [5.74, 6) is 1.72. The zero-order valence-electron chi connectivity index (χ0n) is 14.7. The summed E-state index contributed by atoms with van der Waals surface area (Å²) in [6, 6.07) is 4.71. The second kappa shape index (κ2) is 6.90. The SMILES string of the molecule is C[C@@H]1CC[C@@H](C)N(C(=O)c2ccnc(N3CCCC[C@H]3C)c2)C1. The number of rotatable bonds is 2. The Bertz CT molecular complexity index is 559. The molecule has 1 amide bonds. The summed E-state index contributed by atoms with van der Waals surface area (Å²) >= 11 is 0. The molecule has 0 N–H and O–H groups in total. The van der Waals surface area contributed by atoms with E-state index in [0.29, 0.717) is 18.0 Å². The van der Waals surface area contributed by atoms with Crippen LogP contribution in [0, 0.1) is 5.92 Å². The number of anilines is 1. The quantitative estimate of drug-likeness (QED) is 0.834. The van der Waals surface area contributed by atoms with Gasteiger partial charge in [-0.1, -0.05) is 6.92 Å². The molecule has 1 aromatic heterocycles. The highest BCUT2D eigenvalue weighted by atomic mass is 16.2. The molecule has 0 radical (unpaired) electrons. The Morgan fingerprint density at radius 3 is 2.74 bits per heavy atom. The number of aromatic nitrogens is 1. The van der Waals surface area contributed by atoms with E-state index in [1.54, 1.807) is 6.20 Å². The van der Waals surface area contributed by atoms with Crippen molar-refractivity contribution in [3.8, 4) is 0 Å². The van der Waals surface area contributed by atoms with Crippen LogP contribution in [0.3, 0.4) is 0 Å². The highest BCUT2D eigenvalue weighted by Crippen LogP contribution is 2.26.